The lowest BCUT2D eigenvalue weighted by molar-refractivity contribution is 0.745. The zero-order chi connectivity index (χ0) is 12.5. The first-order valence-electron chi connectivity index (χ1n) is 7.34. The molecule has 0 unspecified atom stereocenters. The van der Waals surface area contributed by atoms with Gasteiger partial charge in [0.15, 0.2) is 0 Å². The molecule has 0 aliphatic rings. The molecule has 0 saturated carbocycles. The van der Waals surface area contributed by atoms with Crippen LogP contribution in [-0.4, -0.2) is 0 Å². The summed E-state index contributed by atoms with van der Waals surface area (Å²) in [7, 11) is 0. The van der Waals surface area contributed by atoms with Crippen LogP contribution in [-0.2, 0) is 19.3 Å². The van der Waals surface area contributed by atoms with Gasteiger partial charge in [0.25, 0.3) is 0 Å². The molecule has 1 rings (SSSR count). The Kier molecular flexibility index (Phi) is 7.59. The predicted octanol–water partition coefficient (Wildman–Crippen LogP) is 5.58. The Balaban J connectivity index is 2.70. The molecular weight excluding hydrogens is 224 g/mol. The summed E-state index contributed by atoms with van der Waals surface area (Å²) in [6.07, 6.45) is 11.7. The molecule has 0 aliphatic carbocycles. The smallest absolute Gasteiger partial charge is 0.0483 e. The Morgan fingerprint density at radius 2 is 1.41 bits per heavy atom. The maximum atomic E-state index is 3.57. The number of hydrogen-bond donors (Lipinski definition) is 0. The SMILES string of the molecule is CCCCc1[c]sc(CCCC)c1CCCC. The Morgan fingerprint density at radius 3 is 2.06 bits per heavy atom. The minimum absolute atomic E-state index is 1.25. The van der Waals surface area contributed by atoms with Gasteiger partial charge in [-0.25, -0.2) is 0 Å². The first-order chi connectivity index (χ1) is 8.33. The van der Waals surface area contributed by atoms with Crippen LogP contribution in [0.4, 0.5) is 0 Å². The first kappa shape index (κ1) is 14.8. The van der Waals surface area contributed by atoms with Crippen LogP contribution in [0.1, 0.15) is 75.3 Å². The number of rotatable bonds is 9. The summed E-state index contributed by atoms with van der Waals surface area (Å²) in [5.41, 5.74) is 3.20. The van der Waals surface area contributed by atoms with E-state index in [2.05, 4.69) is 26.2 Å². The van der Waals surface area contributed by atoms with Gasteiger partial charge in [0.1, 0.15) is 0 Å². The number of unbranched alkanes of at least 4 members (excludes halogenated alkanes) is 3. The molecule has 1 heterocycles. The van der Waals surface area contributed by atoms with E-state index in [9.17, 15) is 0 Å². The van der Waals surface area contributed by atoms with Crippen molar-refractivity contribution < 1.29 is 0 Å². The highest BCUT2D eigenvalue weighted by Crippen LogP contribution is 2.27. The highest BCUT2D eigenvalue weighted by Gasteiger charge is 2.10. The summed E-state index contributed by atoms with van der Waals surface area (Å²) in [6, 6.07) is 0. The number of thiophene rings is 1. The second kappa shape index (κ2) is 8.74. The van der Waals surface area contributed by atoms with Crippen molar-refractivity contribution in [3.63, 3.8) is 0 Å². The molecule has 0 saturated heterocycles. The van der Waals surface area contributed by atoms with E-state index in [-0.39, 0.29) is 0 Å². The van der Waals surface area contributed by atoms with E-state index in [1.54, 1.807) is 10.4 Å². The molecule has 97 valence electrons. The Labute approximate surface area is 111 Å². The highest BCUT2D eigenvalue weighted by molar-refractivity contribution is 7.09. The van der Waals surface area contributed by atoms with E-state index in [1.807, 2.05) is 11.3 Å². The van der Waals surface area contributed by atoms with Crippen molar-refractivity contribution in [2.45, 2.75) is 78.6 Å². The molecule has 1 aromatic heterocycles. The maximum absolute atomic E-state index is 3.57. The van der Waals surface area contributed by atoms with Crippen LogP contribution in [0.25, 0.3) is 0 Å². The number of hydrogen-bond acceptors (Lipinski definition) is 1. The monoisotopic (exact) mass is 251 g/mol. The van der Waals surface area contributed by atoms with Crippen LogP contribution >= 0.6 is 11.3 Å². The minimum Gasteiger partial charge on any atom is -0.139 e. The molecule has 0 fully saturated rings. The summed E-state index contributed by atoms with van der Waals surface area (Å²) >= 11 is 1.89. The summed E-state index contributed by atoms with van der Waals surface area (Å²) in [4.78, 5) is 1.63. The van der Waals surface area contributed by atoms with E-state index in [1.165, 1.54) is 63.4 Å². The summed E-state index contributed by atoms with van der Waals surface area (Å²) in [6.45, 7) is 6.84. The molecule has 0 spiro atoms. The normalized spacial score (nSPS) is 11.0. The van der Waals surface area contributed by atoms with Gasteiger partial charge in [0.2, 0.25) is 0 Å². The fourth-order valence-electron chi connectivity index (χ4n) is 2.15. The second-order valence-corrected chi connectivity index (χ2v) is 5.80. The Bertz CT molecular complexity index is 273. The van der Waals surface area contributed by atoms with Crippen molar-refractivity contribution in [3.8, 4) is 0 Å². The lowest BCUT2D eigenvalue weighted by Crippen LogP contribution is -1.95. The van der Waals surface area contributed by atoms with Crippen molar-refractivity contribution >= 4 is 11.3 Å². The Morgan fingerprint density at radius 1 is 0.824 bits per heavy atom. The average Bonchev–Trinajstić information content (AvgIpc) is 2.73. The summed E-state index contributed by atoms with van der Waals surface area (Å²) in [5, 5.41) is 3.57. The largest absolute Gasteiger partial charge is 0.139 e. The molecule has 0 amide bonds. The number of aryl methyl sites for hydroxylation is 2. The summed E-state index contributed by atoms with van der Waals surface area (Å²) in [5.74, 6) is 0. The van der Waals surface area contributed by atoms with Crippen LogP contribution in [0.3, 0.4) is 0 Å². The van der Waals surface area contributed by atoms with E-state index < -0.39 is 0 Å². The zero-order valence-corrected chi connectivity index (χ0v) is 12.6. The molecule has 1 heteroatoms. The van der Waals surface area contributed by atoms with Gasteiger partial charge in [-0.3, -0.25) is 0 Å². The van der Waals surface area contributed by atoms with Gasteiger partial charge in [-0.15, -0.1) is 11.3 Å². The molecule has 1 aromatic rings. The highest BCUT2D eigenvalue weighted by atomic mass is 32.1. The molecule has 17 heavy (non-hydrogen) atoms. The van der Waals surface area contributed by atoms with Crippen LogP contribution < -0.4 is 0 Å². The molecule has 0 bridgehead atoms. The minimum atomic E-state index is 1.25. The van der Waals surface area contributed by atoms with Gasteiger partial charge in [-0.05, 0) is 49.7 Å². The average molecular weight is 251 g/mol. The standard InChI is InChI=1S/C16H27S/c1-4-7-10-14-13-17-16(12-9-6-3)15(14)11-8-5-2/h4-12H2,1-3H3. The van der Waals surface area contributed by atoms with Gasteiger partial charge < -0.3 is 0 Å². The molecule has 0 nitrogen and oxygen atoms in total. The fraction of sp³-hybridized carbons (Fsp3) is 0.750. The maximum Gasteiger partial charge on any atom is 0.0483 e. The molecule has 1 radical (unpaired) electrons. The zero-order valence-electron chi connectivity index (χ0n) is 11.8. The topological polar surface area (TPSA) is 0 Å². The van der Waals surface area contributed by atoms with Crippen LogP contribution in [0, 0.1) is 5.38 Å². The van der Waals surface area contributed by atoms with Crippen LogP contribution in [0.15, 0.2) is 0 Å². The first-order valence-corrected chi connectivity index (χ1v) is 8.16. The van der Waals surface area contributed by atoms with Gasteiger partial charge in [-0.2, -0.15) is 0 Å². The molecule has 0 aromatic carbocycles. The predicted molar refractivity (Wildman–Crippen MR) is 79.0 cm³/mol. The molecule has 0 aliphatic heterocycles. The van der Waals surface area contributed by atoms with Gasteiger partial charge in [-0.1, -0.05) is 40.0 Å². The van der Waals surface area contributed by atoms with E-state index >= 15 is 0 Å². The fourth-order valence-corrected chi connectivity index (χ4v) is 3.22. The Hall–Kier alpha value is -0.300. The third-order valence-electron chi connectivity index (χ3n) is 3.32. The molecule has 0 atom stereocenters. The lowest BCUT2D eigenvalue weighted by Gasteiger charge is -2.06. The molecule has 0 N–H and O–H groups in total. The third kappa shape index (κ3) is 4.83. The van der Waals surface area contributed by atoms with Gasteiger partial charge in [0, 0.05) is 10.3 Å². The van der Waals surface area contributed by atoms with Crippen molar-refractivity contribution in [2.24, 2.45) is 0 Å². The lowest BCUT2D eigenvalue weighted by atomic mass is 9.99. The molecular formula is C16H27S. The van der Waals surface area contributed by atoms with Crippen LogP contribution in [0.5, 0.6) is 0 Å². The van der Waals surface area contributed by atoms with Gasteiger partial charge in [0.05, 0.1) is 0 Å². The van der Waals surface area contributed by atoms with E-state index in [4.69, 9.17) is 0 Å². The van der Waals surface area contributed by atoms with Crippen molar-refractivity contribution in [2.75, 3.05) is 0 Å². The van der Waals surface area contributed by atoms with Crippen molar-refractivity contribution in [1.82, 2.24) is 0 Å². The van der Waals surface area contributed by atoms with E-state index in [0.29, 0.717) is 0 Å². The quantitative estimate of drug-likeness (QED) is 0.538. The summed E-state index contributed by atoms with van der Waals surface area (Å²) < 4.78 is 0. The van der Waals surface area contributed by atoms with Crippen molar-refractivity contribution in [1.29, 1.82) is 0 Å². The second-order valence-electron chi connectivity index (χ2n) is 4.90. The van der Waals surface area contributed by atoms with E-state index in [0.717, 1.165) is 0 Å². The van der Waals surface area contributed by atoms with Crippen LogP contribution in [0.2, 0.25) is 0 Å². The van der Waals surface area contributed by atoms with Gasteiger partial charge >= 0.3 is 0 Å². The van der Waals surface area contributed by atoms with Crippen molar-refractivity contribution in [3.05, 3.63) is 21.4 Å². The third-order valence-corrected chi connectivity index (χ3v) is 4.36.